The fraction of sp³-hybridized carbons (Fsp3) is 0.391. The van der Waals surface area contributed by atoms with Gasteiger partial charge in [0, 0.05) is 13.1 Å². The van der Waals surface area contributed by atoms with Crippen molar-refractivity contribution < 1.29 is 0 Å². The first kappa shape index (κ1) is 19.5. The molecular weight excluding hydrogens is 318 g/mol. The van der Waals surface area contributed by atoms with Crippen LogP contribution in [0.1, 0.15) is 25.0 Å². The van der Waals surface area contributed by atoms with Gasteiger partial charge >= 0.3 is 0 Å². The van der Waals surface area contributed by atoms with Crippen LogP contribution in [0.4, 0.5) is 0 Å². The lowest BCUT2D eigenvalue weighted by Gasteiger charge is -2.31. The van der Waals surface area contributed by atoms with Crippen molar-refractivity contribution in [2.75, 3.05) is 0 Å². The molecule has 0 aliphatic carbocycles. The molecule has 1 atom stereocenters. The Hall–Kier alpha value is -1.82. The molecule has 0 bridgehead atoms. The largest absolute Gasteiger partial charge is 0.281 e. The van der Waals surface area contributed by atoms with Crippen LogP contribution >= 0.6 is 0 Å². The molecule has 0 spiro atoms. The highest BCUT2D eigenvalue weighted by atomic mass is 28.3. The summed E-state index contributed by atoms with van der Waals surface area (Å²) in [4.78, 5) is 2.53. The highest BCUT2D eigenvalue weighted by molar-refractivity contribution is 6.83. The number of nitrogens with zero attached hydrogens (tertiary/aromatic N) is 1. The summed E-state index contributed by atoms with van der Waals surface area (Å²) in [5, 5.41) is 0. The third-order valence-electron chi connectivity index (χ3n) is 4.08. The highest BCUT2D eigenvalue weighted by Crippen LogP contribution is 2.18. The molecule has 0 saturated heterocycles. The molecule has 25 heavy (non-hydrogen) atoms. The van der Waals surface area contributed by atoms with Crippen LogP contribution in [0, 0.1) is 17.4 Å². The van der Waals surface area contributed by atoms with Gasteiger partial charge in [0.25, 0.3) is 0 Å². The van der Waals surface area contributed by atoms with E-state index in [1.807, 2.05) is 0 Å². The van der Waals surface area contributed by atoms with Gasteiger partial charge in [-0.25, -0.2) is 0 Å². The summed E-state index contributed by atoms with van der Waals surface area (Å²) in [7, 11) is -1.38. The zero-order valence-corrected chi connectivity index (χ0v) is 17.3. The Bertz CT molecular complexity index is 648. The van der Waals surface area contributed by atoms with Crippen molar-refractivity contribution in [2.45, 2.75) is 52.6 Å². The molecule has 0 fully saturated rings. The van der Waals surface area contributed by atoms with Crippen LogP contribution in [0.15, 0.2) is 60.7 Å². The van der Waals surface area contributed by atoms with E-state index in [-0.39, 0.29) is 6.04 Å². The van der Waals surface area contributed by atoms with Gasteiger partial charge in [0.1, 0.15) is 8.07 Å². The quantitative estimate of drug-likeness (QED) is 0.485. The highest BCUT2D eigenvalue weighted by Gasteiger charge is 2.21. The minimum absolute atomic E-state index is 0.270. The Balaban J connectivity index is 2.31. The zero-order valence-electron chi connectivity index (χ0n) is 16.3. The minimum atomic E-state index is -1.38. The lowest BCUT2D eigenvalue weighted by atomic mass is 10.0. The molecule has 0 unspecified atom stereocenters. The van der Waals surface area contributed by atoms with Gasteiger partial charge in [-0.1, -0.05) is 100 Å². The van der Waals surface area contributed by atoms with E-state index in [4.69, 9.17) is 0 Å². The minimum Gasteiger partial charge on any atom is -0.281 e. The van der Waals surface area contributed by atoms with Crippen molar-refractivity contribution in [3.8, 4) is 11.5 Å². The maximum atomic E-state index is 3.64. The van der Waals surface area contributed by atoms with E-state index < -0.39 is 8.07 Å². The van der Waals surface area contributed by atoms with Gasteiger partial charge in [-0.05, 0) is 17.0 Å². The smallest absolute Gasteiger partial charge is 0.129 e. The standard InChI is InChI=1S/C23H31NSi/c1-20(2)23(16-17-25(3,4)5)24(18-21-12-8-6-9-13-21)19-22-14-10-7-11-15-22/h6-15,20,23H,18-19H2,1-5H3/t23-/m0/s1. The van der Waals surface area contributed by atoms with Gasteiger partial charge in [-0.2, -0.15) is 0 Å². The molecule has 2 rings (SSSR count). The molecule has 0 aromatic heterocycles. The van der Waals surface area contributed by atoms with Crippen LogP contribution in [0.3, 0.4) is 0 Å². The van der Waals surface area contributed by atoms with Gasteiger partial charge in [0.15, 0.2) is 0 Å². The van der Waals surface area contributed by atoms with Crippen molar-refractivity contribution in [1.82, 2.24) is 4.90 Å². The van der Waals surface area contributed by atoms with Crippen LogP contribution in [-0.2, 0) is 13.1 Å². The third-order valence-corrected chi connectivity index (χ3v) is 4.97. The summed E-state index contributed by atoms with van der Waals surface area (Å²) < 4.78 is 0. The molecule has 132 valence electrons. The van der Waals surface area contributed by atoms with E-state index in [0.29, 0.717) is 5.92 Å². The first-order valence-corrected chi connectivity index (χ1v) is 12.7. The van der Waals surface area contributed by atoms with Gasteiger partial charge in [0.2, 0.25) is 0 Å². The molecule has 0 N–H and O–H groups in total. The Morgan fingerprint density at radius 1 is 0.800 bits per heavy atom. The average Bonchev–Trinajstić information content (AvgIpc) is 2.55. The third kappa shape index (κ3) is 6.90. The number of rotatable bonds is 6. The maximum absolute atomic E-state index is 3.64. The SMILES string of the molecule is CC(C)[C@H](C#C[Si](C)(C)C)N(Cc1ccccc1)Cc1ccccc1. The van der Waals surface area contributed by atoms with Crippen molar-refractivity contribution in [3.05, 3.63) is 71.8 Å². The fourth-order valence-corrected chi connectivity index (χ4v) is 3.44. The monoisotopic (exact) mass is 349 g/mol. The molecule has 0 heterocycles. The molecule has 2 aromatic carbocycles. The predicted molar refractivity (Wildman–Crippen MR) is 112 cm³/mol. The van der Waals surface area contributed by atoms with Crippen molar-refractivity contribution in [3.63, 3.8) is 0 Å². The molecule has 0 saturated carbocycles. The van der Waals surface area contributed by atoms with Gasteiger partial charge in [0.05, 0.1) is 6.04 Å². The van der Waals surface area contributed by atoms with E-state index in [2.05, 4.69) is 111 Å². The molecule has 1 nitrogen and oxygen atoms in total. The number of hydrogen-bond acceptors (Lipinski definition) is 1. The van der Waals surface area contributed by atoms with E-state index in [0.717, 1.165) is 13.1 Å². The second-order valence-electron chi connectivity index (χ2n) is 8.08. The number of hydrogen-bond donors (Lipinski definition) is 0. The second kappa shape index (κ2) is 9.04. The molecular formula is C23H31NSi. The molecule has 0 radical (unpaired) electrons. The summed E-state index contributed by atoms with van der Waals surface area (Å²) in [5.41, 5.74) is 6.29. The van der Waals surface area contributed by atoms with Crippen molar-refractivity contribution >= 4 is 8.07 Å². The van der Waals surface area contributed by atoms with E-state index in [9.17, 15) is 0 Å². The summed E-state index contributed by atoms with van der Waals surface area (Å²) in [6, 6.07) is 21.7. The molecule has 2 heteroatoms. The molecule has 0 aliphatic rings. The van der Waals surface area contributed by atoms with Crippen LogP contribution in [0.2, 0.25) is 19.6 Å². The topological polar surface area (TPSA) is 3.24 Å². The lowest BCUT2D eigenvalue weighted by molar-refractivity contribution is 0.179. The predicted octanol–water partition coefficient (Wildman–Crippen LogP) is 5.59. The Kier molecular flexibility index (Phi) is 7.05. The molecule has 0 aliphatic heterocycles. The summed E-state index contributed by atoms with van der Waals surface area (Å²) in [6.45, 7) is 13.4. The normalized spacial score (nSPS) is 12.8. The summed E-state index contributed by atoms with van der Waals surface area (Å²) in [5.74, 6) is 4.13. The van der Waals surface area contributed by atoms with Crippen LogP contribution < -0.4 is 0 Å². The van der Waals surface area contributed by atoms with Crippen LogP contribution in [-0.4, -0.2) is 19.0 Å². The van der Waals surface area contributed by atoms with Gasteiger partial charge < -0.3 is 0 Å². The number of benzene rings is 2. The first-order valence-electron chi connectivity index (χ1n) is 9.20. The average molecular weight is 350 g/mol. The zero-order chi connectivity index (χ0) is 18.3. The van der Waals surface area contributed by atoms with Crippen molar-refractivity contribution in [2.24, 2.45) is 5.92 Å². The lowest BCUT2D eigenvalue weighted by Crippen LogP contribution is -2.37. The van der Waals surface area contributed by atoms with E-state index in [1.54, 1.807) is 0 Å². The van der Waals surface area contributed by atoms with E-state index in [1.165, 1.54) is 11.1 Å². The molecule has 2 aromatic rings. The summed E-state index contributed by atoms with van der Waals surface area (Å²) in [6.07, 6.45) is 0. The maximum Gasteiger partial charge on any atom is 0.129 e. The van der Waals surface area contributed by atoms with Crippen molar-refractivity contribution in [1.29, 1.82) is 0 Å². The Labute approximate surface area is 155 Å². The fourth-order valence-electron chi connectivity index (χ4n) is 2.86. The Morgan fingerprint density at radius 3 is 1.60 bits per heavy atom. The van der Waals surface area contributed by atoms with Gasteiger partial charge in [-0.15, -0.1) is 5.54 Å². The summed E-state index contributed by atoms with van der Waals surface area (Å²) >= 11 is 0. The van der Waals surface area contributed by atoms with Crippen LogP contribution in [0.25, 0.3) is 0 Å². The van der Waals surface area contributed by atoms with E-state index >= 15 is 0 Å². The Morgan fingerprint density at radius 2 is 1.24 bits per heavy atom. The molecule has 0 amide bonds. The van der Waals surface area contributed by atoms with Gasteiger partial charge in [-0.3, -0.25) is 4.90 Å². The van der Waals surface area contributed by atoms with Crippen LogP contribution in [0.5, 0.6) is 0 Å². The second-order valence-corrected chi connectivity index (χ2v) is 12.8. The first-order chi connectivity index (χ1) is 11.8.